The van der Waals surface area contributed by atoms with Crippen molar-refractivity contribution < 1.29 is 4.42 Å². The van der Waals surface area contributed by atoms with Crippen LogP contribution < -0.4 is 5.73 Å². The molecule has 6 heteroatoms. The molecule has 0 spiro atoms. The van der Waals surface area contributed by atoms with Crippen molar-refractivity contribution in [3.8, 4) is 0 Å². The van der Waals surface area contributed by atoms with Gasteiger partial charge in [0.15, 0.2) is 0 Å². The second kappa shape index (κ2) is 7.24. The van der Waals surface area contributed by atoms with E-state index < -0.39 is 0 Å². The van der Waals surface area contributed by atoms with Gasteiger partial charge in [0.1, 0.15) is 0 Å². The largest absolute Gasteiger partial charge is 0.414 e. The minimum Gasteiger partial charge on any atom is -0.414 e. The summed E-state index contributed by atoms with van der Waals surface area (Å²) in [6, 6.07) is 8.00. The van der Waals surface area contributed by atoms with E-state index in [0.717, 1.165) is 16.6 Å². The SMILES string of the molecule is CC(C)C[C@H](N)c1nnc(SCc2ccc(Br)cc2)o1. The standard InChI is InChI=1S/C14H18BrN3OS/c1-9(2)7-12(16)13-17-18-14(19-13)20-8-10-3-5-11(15)6-4-10/h3-6,9,12H,7-8,16H2,1-2H3/t12-/m0/s1. The van der Waals surface area contributed by atoms with Crippen molar-refractivity contribution in [2.45, 2.75) is 37.3 Å². The van der Waals surface area contributed by atoms with Gasteiger partial charge in [-0.05, 0) is 30.0 Å². The fourth-order valence-electron chi connectivity index (χ4n) is 1.76. The highest BCUT2D eigenvalue weighted by Gasteiger charge is 2.16. The summed E-state index contributed by atoms with van der Waals surface area (Å²) in [4.78, 5) is 0. The lowest BCUT2D eigenvalue weighted by Gasteiger charge is -2.08. The Morgan fingerprint density at radius 1 is 1.25 bits per heavy atom. The van der Waals surface area contributed by atoms with Crippen LogP contribution in [-0.2, 0) is 5.75 Å². The van der Waals surface area contributed by atoms with Crippen LogP contribution in [0, 0.1) is 5.92 Å². The van der Waals surface area contributed by atoms with E-state index in [1.54, 1.807) is 0 Å². The van der Waals surface area contributed by atoms with E-state index >= 15 is 0 Å². The number of benzene rings is 1. The van der Waals surface area contributed by atoms with Crippen LogP contribution in [0.15, 0.2) is 38.4 Å². The van der Waals surface area contributed by atoms with Gasteiger partial charge in [-0.1, -0.05) is 53.7 Å². The van der Waals surface area contributed by atoms with E-state index in [2.05, 4.69) is 52.1 Å². The Labute approximate surface area is 131 Å². The number of hydrogen-bond acceptors (Lipinski definition) is 5. The van der Waals surface area contributed by atoms with Crippen LogP contribution in [0.1, 0.15) is 37.8 Å². The van der Waals surface area contributed by atoms with Crippen LogP contribution in [-0.4, -0.2) is 10.2 Å². The molecule has 0 saturated heterocycles. The summed E-state index contributed by atoms with van der Waals surface area (Å²) >= 11 is 4.94. The van der Waals surface area contributed by atoms with E-state index in [-0.39, 0.29) is 6.04 Å². The topological polar surface area (TPSA) is 64.9 Å². The molecule has 0 aliphatic carbocycles. The molecular weight excluding hydrogens is 338 g/mol. The number of nitrogens with zero attached hydrogens (tertiary/aromatic N) is 2. The Kier molecular flexibility index (Phi) is 5.63. The third-order valence-corrected chi connectivity index (χ3v) is 4.16. The molecule has 2 rings (SSSR count). The lowest BCUT2D eigenvalue weighted by molar-refractivity contribution is 0.361. The van der Waals surface area contributed by atoms with Crippen molar-refractivity contribution in [1.82, 2.24) is 10.2 Å². The lowest BCUT2D eigenvalue weighted by atomic mass is 10.1. The Bertz CT molecular complexity index is 542. The molecule has 0 bridgehead atoms. The van der Waals surface area contributed by atoms with Gasteiger partial charge in [-0.3, -0.25) is 0 Å². The average molecular weight is 356 g/mol. The van der Waals surface area contributed by atoms with Crippen molar-refractivity contribution in [3.63, 3.8) is 0 Å². The molecule has 1 aromatic carbocycles. The molecule has 1 atom stereocenters. The summed E-state index contributed by atoms with van der Waals surface area (Å²) in [5.74, 6) is 1.83. The highest BCUT2D eigenvalue weighted by atomic mass is 79.9. The predicted molar refractivity (Wildman–Crippen MR) is 84.4 cm³/mol. The van der Waals surface area contributed by atoms with Crippen molar-refractivity contribution in [2.75, 3.05) is 0 Å². The molecule has 0 fully saturated rings. The summed E-state index contributed by atoms with van der Waals surface area (Å²) in [6.45, 7) is 4.25. The first-order valence-corrected chi connectivity index (χ1v) is 8.28. The highest BCUT2D eigenvalue weighted by Crippen LogP contribution is 2.25. The van der Waals surface area contributed by atoms with Gasteiger partial charge >= 0.3 is 0 Å². The van der Waals surface area contributed by atoms with Gasteiger partial charge in [-0.15, -0.1) is 10.2 Å². The maximum Gasteiger partial charge on any atom is 0.276 e. The minimum absolute atomic E-state index is 0.176. The van der Waals surface area contributed by atoms with Gasteiger partial charge in [0.2, 0.25) is 5.89 Å². The smallest absolute Gasteiger partial charge is 0.276 e. The Morgan fingerprint density at radius 2 is 1.95 bits per heavy atom. The fourth-order valence-corrected chi connectivity index (χ4v) is 2.75. The van der Waals surface area contributed by atoms with E-state index in [1.165, 1.54) is 17.3 Å². The van der Waals surface area contributed by atoms with Crippen molar-refractivity contribution in [2.24, 2.45) is 11.7 Å². The van der Waals surface area contributed by atoms with E-state index in [4.69, 9.17) is 10.2 Å². The van der Waals surface area contributed by atoms with Gasteiger partial charge in [0.05, 0.1) is 6.04 Å². The molecule has 0 aliphatic heterocycles. The molecule has 0 unspecified atom stereocenters. The van der Waals surface area contributed by atoms with Crippen LogP contribution in [0.25, 0.3) is 0 Å². The first-order chi connectivity index (χ1) is 9.54. The number of nitrogens with two attached hydrogens (primary N) is 1. The molecule has 108 valence electrons. The minimum atomic E-state index is -0.176. The number of aromatic nitrogens is 2. The molecule has 1 heterocycles. The average Bonchev–Trinajstić information content (AvgIpc) is 2.86. The maximum atomic E-state index is 6.02. The molecule has 2 aromatic rings. The monoisotopic (exact) mass is 355 g/mol. The van der Waals surface area contributed by atoms with Gasteiger partial charge in [-0.25, -0.2) is 0 Å². The van der Waals surface area contributed by atoms with Crippen molar-refractivity contribution in [1.29, 1.82) is 0 Å². The molecule has 2 N–H and O–H groups in total. The van der Waals surface area contributed by atoms with E-state index in [1.807, 2.05) is 12.1 Å². The zero-order chi connectivity index (χ0) is 14.5. The Balaban J connectivity index is 1.91. The van der Waals surface area contributed by atoms with Gasteiger partial charge in [0.25, 0.3) is 5.22 Å². The van der Waals surface area contributed by atoms with Crippen LogP contribution in [0.3, 0.4) is 0 Å². The molecule has 0 amide bonds. The maximum absolute atomic E-state index is 6.02. The summed E-state index contributed by atoms with van der Waals surface area (Å²) < 4.78 is 6.67. The fraction of sp³-hybridized carbons (Fsp3) is 0.429. The third kappa shape index (κ3) is 4.61. The quantitative estimate of drug-likeness (QED) is 0.787. The van der Waals surface area contributed by atoms with Crippen LogP contribution in [0.5, 0.6) is 0 Å². The summed E-state index contributed by atoms with van der Waals surface area (Å²) in [6.07, 6.45) is 0.846. The second-order valence-electron chi connectivity index (χ2n) is 5.06. The van der Waals surface area contributed by atoms with Crippen LogP contribution >= 0.6 is 27.7 Å². The molecular formula is C14H18BrN3OS. The summed E-state index contributed by atoms with van der Waals surface area (Å²) in [5, 5.41) is 8.63. The first-order valence-electron chi connectivity index (χ1n) is 6.51. The zero-order valence-electron chi connectivity index (χ0n) is 11.5. The zero-order valence-corrected chi connectivity index (χ0v) is 13.9. The molecule has 1 aromatic heterocycles. The Hall–Kier alpha value is -0.850. The molecule has 4 nitrogen and oxygen atoms in total. The second-order valence-corrected chi connectivity index (χ2v) is 6.90. The number of hydrogen-bond donors (Lipinski definition) is 1. The Morgan fingerprint density at radius 3 is 2.60 bits per heavy atom. The van der Waals surface area contributed by atoms with Gasteiger partial charge in [-0.2, -0.15) is 0 Å². The summed E-state index contributed by atoms with van der Waals surface area (Å²) in [7, 11) is 0. The predicted octanol–water partition coefficient (Wildman–Crippen LogP) is 4.17. The molecule has 20 heavy (non-hydrogen) atoms. The van der Waals surface area contributed by atoms with Gasteiger partial charge in [0, 0.05) is 10.2 Å². The summed E-state index contributed by atoms with van der Waals surface area (Å²) in [5.41, 5.74) is 7.23. The van der Waals surface area contributed by atoms with Crippen molar-refractivity contribution >= 4 is 27.7 Å². The number of rotatable bonds is 6. The number of thioether (sulfide) groups is 1. The highest BCUT2D eigenvalue weighted by molar-refractivity contribution is 9.10. The van der Waals surface area contributed by atoms with Gasteiger partial charge < -0.3 is 10.2 Å². The van der Waals surface area contributed by atoms with Crippen LogP contribution in [0.4, 0.5) is 0 Å². The number of halogens is 1. The van der Waals surface area contributed by atoms with E-state index in [9.17, 15) is 0 Å². The van der Waals surface area contributed by atoms with E-state index in [0.29, 0.717) is 17.0 Å². The first kappa shape index (κ1) is 15.5. The molecule has 0 aliphatic rings. The normalized spacial score (nSPS) is 12.8. The molecule has 0 radical (unpaired) electrons. The van der Waals surface area contributed by atoms with Crippen molar-refractivity contribution in [3.05, 3.63) is 40.2 Å². The van der Waals surface area contributed by atoms with Crippen LogP contribution in [0.2, 0.25) is 0 Å². The molecule has 0 saturated carbocycles. The lowest BCUT2D eigenvalue weighted by Crippen LogP contribution is -2.13. The third-order valence-electron chi connectivity index (χ3n) is 2.74.